The zero-order valence-corrected chi connectivity index (χ0v) is 13.0. The summed E-state index contributed by atoms with van der Waals surface area (Å²) in [6, 6.07) is 0.470. The lowest BCUT2D eigenvalue weighted by atomic mass is 10.1. The molecule has 0 radical (unpaired) electrons. The van der Waals surface area contributed by atoms with Crippen molar-refractivity contribution in [2.24, 2.45) is 0 Å². The molecule has 0 aliphatic heterocycles. The molecule has 1 N–H and O–H groups in total. The number of nitrogens with zero attached hydrogens (tertiary/aromatic N) is 2. The van der Waals surface area contributed by atoms with Crippen LogP contribution >= 0.6 is 15.9 Å². The second-order valence-corrected chi connectivity index (χ2v) is 5.55. The van der Waals surface area contributed by atoms with Crippen LogP contribution in [0.1, 0.15) is 50.5 Å². The summed E-state index contributed by atoms with van der Waals surface area (Å²) in [4.78, 5) is 12.1. The number of ketones is 1. The number of carbonyl (C=O) groups excluding carboxylic acids is 1. The fourth-order valence-corrected chi connectivity index (χ4v) is 2.30. The maximum atomic E-state index is 12.1. The smallest absolute Gasteiger partial charge is 0.182 e. The molecule has 0 spiro atoms. The van der Waals surface area contributed by atoms with Crippen LogP contribution in [0.25, 0.3) is 0 Å². The van der Waals surface area contributed by atoms with Gasteiger partial charge in [0.15, 0.2) is 5.78 Å². The van der Waals surface area contributed by atoms with Gasteiger partial charge in [-0.25, -0.2) is 0 Å². The highest BCUT2D eigenvalue weighted by molar-refractivity contribution is 9.10. The lowest BCUT2D eigenvalue weighted by Crippen LogP contribution is -2.24. The van der Waals surface area contributed by atoms with E-state index in [0.717, 1.165) is 30.4 Å². The Labute approximate surface area is 117 Å². The van der Waals surface area contributed by atoms with E-state index in [1.54, 1.807) is 10.9 Å². The zero-order valence-electron chi connectivity index (χ0n) is 11.4. The molecule has 0 aliphatic rings. The third-order valence-corrected chi connectivity index (χ3v) is 3.21. The van der Waals surface area contributed by atoms with Gasteiger partial charge in [0.25, 0.3) is 0 Å². The first-order chi connectivity index (χ1) is 8.56. The molecule has 0 saturated heterocycles. The van der Waals surface area contributed by atoms with Gasteiger partial charge in [-0.3, -0.25) is 9.48 Å². The van der Waals surface area contributed by atoms with Crippen LogP contribution in [0, 0.1) is 0 Å². The number of Topliss-reactive ketones (excluding diaryl/α,β-unsaturated/α-hetero) is 1. The Balaban J connectivity index is 2.53. The van der Waals surface area contributed by atoms with Gasteiger partial charge in [-0.2, -0.15) is 5.10 Å². The molecule has 5 heteroatoms. The fourth-order valence-electron chi connectivity index (χ4n) is 1.78. The van der Waals surface area contributed by atoms with Crippen LogP contribution in [0.2, 0.25) is 0 Å². The summed E-state index contributed by atoms with van der Waals surface area (Å²) in [5.74, 6) is 0.165. The van der Waals surface area contributed by atoms with E-state index < -0.39 is 0 Å². The molecule has 0 bridgehead atoms. The van der Waals surface area contributed by atoms with E-state index in [2.05, 4.69) is 47.1 Å². The molecule has 102 valence electrons. The minimum Gasteiger partial charge on any atom is -0.315 e. The molecule has 18 heavy (non-hydrogen) atoms. The Bertz CT molecular complexity index is 388. The summed E-state index contributed by atoms with van der Waals surface area (Å²) in [7, 11) is 0. The van der Waals surface area contributed by atoms with Crippen LogP contribution in [0.5, 0.6) is 0 Å². The Morgan fingerprint density at radius 3 is 2.89 bits per heavy atom. The largest absolute Gasteiger partial charge is 0.315 e. The number of hydrogen-bond acceptors (Lipinski definition) is 3. The van der Waals surface area contributed by atoms with Crippen LogP contribution in [0.4, 0.5) is 0 Å². The summed E-state index contributed by atoms with van der Waals surface area (Å²) in [5, 5.41) is 7.53. The molecular weight excluding hydrogens is 294 g/mol. The summed E-state index contributed by atoms with van der Waals surface area (Å²) in [6.45, 7) is 7.96. The van der Waals surface area contributed by atoms with Gasteiger partial charge in [-0.1, -0.05) is 20.8 Å². The molecule has 1 rings (SSSR count). The van der Waals surface area contributed by atoms with Crippen molar-refractivity contribution in [1.82, 2.24) is 15.1 Å². The number of hydrogen-bond donors (Lipinski definition) is 1. The molecule has 4 nitrogen and oxygen atoms in total. The summed E-state index contributed by atoms with van der Waals surface area (Å²) < 4.78 is 2.60. The van der Waals surface area contributed by atoms with E-state index in [1.165, 1.54) is 0 Å². The maximum Gasteiger partial charge on any atom is 0.182 e. The highest BCUT2D eigenvalue weighted by Crippen LogP contribution is 2.18. The number of aryl methyl sites for hydroxylation is 1. The molecular formula is C13H22BrN3O. The first kappa shape index (κ1) is 15.4. The van der Waals surface area contributed by atoms with Gasteiger partial charge in [0.2, 0.25) is 0 Å². The zero-order chi connectivity index (χ0) is 13.5. The second-order valence-electron chi connectivity index (χ2n) is 4.70. The maximum absolute atomic E-state index is 12.1. The van der Waals surface area contributed by atoms with E-state index in [4.69, 9.17) is 0 Å². The van der Waals surface area contributed by atoms with Crippen molar-refractivity contribution in [3.63, 3.8) is 0 Å². The molecule has 0 atom stereocenters. The van der Waals surface area contributed by atoms with Crippen LogP contribution in [0.15, 0.2) is 10.7 Å². The van der Waals surface area contributed by atoms with Crippen LogP contribution in [-0.2, 0) is 6.54 Å². The predicted octanol–water partition coefficient (Wildman–Crippen LogP) is 3.02. The third-order valence-electron chi connectivity index (χ3n) is 2.63. The van der Waals surface area contributed by atoms with Crippen LogP contribution in [0.3, 0.4) is 0 Å². The predicted molar refractivity (Wildman–Crippen MR) is 76.9 cm³/mol. The first-order valence-electron chi connectivity index (χ1n) is 6.54. The monoisotopic (exact) mass is 315 g/mol. The van der Waals surface area contributed by atoms with Crippen molar-refractivity contribution in [2.45, 2.75) is 52.6 Å². The summed E-state index contributed by atoms with van der Waals surface area (Å²) in [6.07, 6.45) is 4.10. The van der Waals surface area contributed by atoms with Crippen molar-refractivity contribution >= 4 is 21.7 Å². The molecule has 0 aliphatic carbocycles. The van der Waals surface area contributed by atoms with Gasteiger partial charge in [-0.05, 0) is 35.3 Å². The van der Waals surface area contributed by atoms with Gasteiger partial charge in [-0.15, -0.1) is 0 Å². The first-order valence-corrected chi connectivity index (χ1v) is 7.33. The Hall–Kier alpha value is -0.680. The highest BCUT2D eigenvalue weighted by Gasteiger charge is 2.16. The molecule has 0 unspecified atom stereocenters. The van der Waals surface area contributed by atoms with E-state index in [1.807, 2.05) is 0 Å². The molecule has 0 fully saturated rings. The van der Waals surface area contributed by atoms with Gasteiger partial charge >= 0.3 is 0 Å². The fraction of sp³-hybridized carbons (Fsp3) is 0.692. The molecule has 1 heterocycles. The summed E-state index contributed by atoms with van der Waals surface area (Å²) in [5.41, 5.74) is 0.710. The number of halogens is 1. The molecule has 1 aromatic heterocycles. The molecule has 0 saturated carbocycles. The van der Waals surface area contributed by atoms with Crippen LogP contribution in [-0.4, -0.2) is 28.2 Å². The van der Waals surface area contributed by atoms with Crippen molar-refractivity contribution in [2.75, 3.05) is 6.54 Å². The van der Waals surface area contributed by atoms with Gasteiger partial charge in [0, 0.05) is 19.0 Å². The third kappa shape index (κ3) is 4.53. The Morgan fingerprint density at radius 1 is 1.56 bits per heavy atom. The lowest BCUT2D eigenvalue weighted by Gasteiger charge is -2.08. The van der Waals surface area contributed by atoms with Crippen molar-refractivity contribution in [3.05, 3.63) is 16.4 Å². The average Bonchev–Trinajstić information content (AvgIpc) is 2.66. The normalized spacial score (nSPS) is 11.2. The lowest BCUT2D eigenvalue weighted by molar-refractivity contribution is 0.0968. The average molecular weight is 316 g/mol. The highest BCUT2D eigenvalue weighted by atomic mass is 79.9. The van der Waals surface area contributed by atoms with Gasteiger partial charge in [0.1, 0.15) is 5.69 Å². The number of carbonyl (C=O) groups is 1. The molecule has 0 aromatic carbocycles. The van der Waals surface area contributed by atoms with Crippen molar-refractivity contribution in [1.29, 1.82) is 0 Å². The van der Waals surface area contributed by atoms with E-state index in [0.29, 0.717) is 18.2 Å². The van der Waals surface area contributed by atoms with E-state index >= 15 is 0 Å². The van der Waals surface area contributed by atoms with Crippen molar-refractivity contribution < 1.29 is 4.79 Å². The van der Waals surface area contributed by atoms with Gasteiger partial charge < -0.3 is 5.32 Å². The minimum atomic E-state index is 0.165. The SMILES string of the molecule is CCCn1ncc(Br)c1C(=O)CCCNC(C)C. The van der Waals surface area contributed by atoms with Gasteiger partial charge in [0.05, 0.1) is 10.7 Å². The topological polar surface area (TPSA) is 46.9 Å². The molecule has 0 amide bonds. The minimum absolute atomic E-state index is 0.165. The standard InChI is InChI=1S/C13H22BrN3O/c1-4-8-17-13(11(14)9-16-17)12(18)6-5-7-15-10(2)3/h9-10,15H,4-8H2,1-3H3. The summed E-state index contributed by atoms with van der Waals surface area (Å²) >= 11 is 3.40. The van der Waals surface area contributed by atoms with Crippen molar-refractivity contribution in [3.8, 4) is 0 Å². The number of rotatable bonds is 8. The number of aromatic nitrogens is 2. The quantitative estimate of drug-likeness (QED) is 0.592. The molecule has 1 aromatic rings. The second kappa shape index (κ2) is 7.69. The number of nitrogens with one attached hydrogen (secondary N) is 1. The Kier molecular flexibility index (Phi) is 6.57. The van der Waals surface area contributed by atoms with E-state index in [9.17, 15) is 4.79 Å². The Morgan fingerprint density at radius 2 is 2.28 bits per heavy atom. The van der Waals surface area contributed by atoms with Crippen LogP contribution < -0.4 is 5.32 Å². The van der Waals surface area contributed by atoms with E-state index in [-0.39, 0.29) is 5.78 Å².